The number of benzene rings is 4. The van der Waals surface area contributed by atoms with Gasteiger partial charge in [-0.05, 0) is 64.1 Å². The van der Waals surface area contributed by atoms with Crippen molar-refractivity contribution in [1.29, 1.82) is 0 Å². The molecule has 0 bridgehead atoms. The van der Waals surface area contributed by atoms with Crippen LogP contribution >= 0.6 is 0 Å². The Morgan fingerprint density at radius 1 is 0.841 bits per heavy atom. The third kappa shape index (κ3) is 4.42. The number of nitrogens with zero attached hydrogens (tertiary/aromatic N) is 2. The van der Waals surface area contributed by atoms with Crippen LogP contribution < -0.4 is 10.2 Å². The van der Waals surface area contributed by atoms with Crippen molar-refractivity contribution in [1.82, 2.24) is 4.90 Å². The first kappa shape index (κ1) is 27.8. The zero-order chi connectivity index (χ0) is 30.5. The summed E-state index contributed by atoms with van der Waals surface area (Å²) in [5, 5.41) is 5.16. The number of rotatable bonds is 5. The molecule has 0 aromatic heterocycles. The Kier molecular flexibility index (Phi) is 6.88. The van der Waals surface area contributed by atoms with E-state index in [1.54, 1.807) is 17.0 Å². The average Bonchev–Trinajstić information content (AvgIpc) is 3.31. The van der Waals surface area contributed by atoms with Gasteiger partial charge >= 0.3 is 0 Å². The Balaban J connectivity index is 1.29. The monoisotopic (exact) mass is 583 g/mol. The van der Waals surface area contributed by atoms with Gasteiger partial charge in [0, 0.05) is 17.8 Å². The van der Waals surface area contributed by atoms with Crippen LogP contribution in [-0.4, -0.2) is 28.5 Å². The minimum Gasteiger partial charge on any atom is -0.326 e. The van der Waals surface area contributed by atoms with Crippen molar-refractivity contribution in [3.05, 3.63) is 114 Å². The summed E-state index contributed by atoms with van der Waals surface area (Å²) in [5.74, 6) is -2.19. The van der Waals surface area contributed by atoms with Gasteiger partial charge in [-0.3, -0.25) is 19.2 Å². The summed E-state index contributed by atoms with van der Waals surface area (Å²) in [7, 11) is 0. The summed E-state index contributed by atoms with van der Waals surface area (Å²) in [6.07, 6.45) is 0.756. The maximum atomic E-state index is 14.2. The Morgan fingerprint density at radius 2 is 1.55 bits per heavy atom. The molecule has 7 nitrogen and oxygen atoms in total. The molecule has 1 aliphatic carbocycles. The van der Waals surface area contributed by atoms with Crippen LogP contribution in [0.1, 0.15) is 50.3 Å². The summed E-state index contributed by atoms with van der Waals surface area (Å²) in [6.45, 7) is 3.80. The van der Waals surface area contributed by atoms with Crippen LogP contribution in [-0.2, 0) is 19.2 Å². The number of carbonyl (C=O) groups excluding carboxylic acids is 4. The molecule has 44 heavy (non-hydrogen) atoms. The molecule has 1 N–H and O–H groups in total. The number of nitrogens with one attached hydrogen (secondary N) is 1. The van der Waals surface area contributed by atoms with Gasteiger partial charge in [-0.2, -0.15) is 0 Å². The van der Waals surface area contributed by atoms with Gasteiger partial charge in [-0.25, -0.2) is 4.90 Å². The number of imide groups is 1. The summed E-state index contributed by atoms with van der Waals surface area (Å²) in [4.78, 5) is 58.4. The first-order chi connectivity index (χ1) is 21.4. The van der Waals surface area contributed by atoms with Crippen LogP contribution in [0.15, 0.2) is 103 Å². The molecule has 4 aromatic rings. The second kappa shape index (κ2) is 10.9. The number of allylic oxidation sites excluding steroid dienone is 1. The lowest BCUT2D eigenvalue weighted by molar-refractivity contribution is -0.132. The number of amides is 4. The quantitative estimate of drug-likeness (QED) is 0.264. The number of hydrogen-bond donors (Lipinski definition) is 1. The standard InChI is InChI=1S/C37H33N3O4/c1-3-32(42)40-29(21-31(41)38-25-18-17-23-11-7-8-12-24(23)20-25)27-15-9-10-16-28(27)34-30(40)19-22(2)33-35(34)37(44)39(36(33)43)26-13-5-4-6-14-26/h4-18,20,22,29,33,35H,3,19,21H2,1-2H3,(H,38,41)/t22-,29+,33-,35+/m1/s1. The average molecular weight is 584 g/mol. The molecular formula is C37H33N3O4. The van der Waals surface area contributed by atoms with Crippen molar-refractivity contribution in [2.75, 3.05) is 10.2 Å². The number of hydrogen-bond acceptors (Lipinski definition) is 4. The van der Waals surface area contributed by atoms with Crippen molar-refractivity contribution in [2.45, 2.75) is 39.2 Å². The maximum absolute atomic E-state index is 14.2. The van der Waals surface area contributed by atoms with Gasteiger partial charge in [-0.15, -0.1) is 0 Å². The molecule has 2 heterocycles. The minimum absolute atomic E-state index is 0.0534. The van der Waals surface area contributed by atoms with Crippen LogP contribution in [0.5, 0.6) is 0 Å². The van der Waals surface area contributed by atoms with Crippen molar-refractivity contribution in [3.63, 3.8) is 0 Å². The van der Waals surface area contributed by atoms with Crippen LogP contribution in [0, 0.1) is 17.8 Å². The first-order valence-electron chi connectivity index (χ1n) is 15.2. The molecular weight excluding hydrogens is 550 g/mol. The Labute approximate surface area is 256 Å². The van der Waals surface area contributed by atoms with Gasteiger partial charge in [0.2, 0.25) is 23.6 Å². The number of carbonyl (C=O) groups is 4. The SMILES string of the molecule is CCC(=O)N1C2=C(c3ccccc3[C@@H]1CC(=O)Nc1ccc3ccccc3c1)[C@H]1C(=O)N(c3ccccc3)C(=O)[C@@H]1[C@H](C)C2. The lowest BCUT2D eigenvalue weighted by atomic mass is 9.67. The van der Waals surface area contributed by atoms with E-state index in [0.717, 1.165) is 33.2 Å². The van der Waals surface area contributed by atoms with Gasteiger partial charge in [0.1, 0.15) is 0 Å². The van der Waals surface area contributed by atoms with E-state index in [-0.39, 0.29) is 42.4 Å². The number of anilines is 2. The second-order valence-corrected chi connectivity index (χ2v) is 11.9. The number of fused-ring (bicyclic) bond motifs is 5. The Morgan fingerprint density at radius 3 is 2.32 bits per heavy atom. The van der Waals surface area contributed by atoms with E-state index >= 15 is 0 Å². The molecule has 4 aromatic carbocycles. The normalized spacial score (nSPS) is 22.5. The van der Waals surface area contributed by atoms with Crippen LogP contribution in [0.25, 0.3) is 16.3 Å². The third-order valence-corrected chi connectivity index (χ3v) is 9.31. The van der Waals surface area contributed by atoms with Gasteiger partial charge in [0.05, 0.1) is 30.0 Å². The van der Waals surface area contributed by atoms with E-state index in [0.29, 0.717) is 17.8 Å². The van der Waals surface area contributed by atoms with E-state index in [1.807, 2.05) is 98.8 Å². The van der Waals surface area contributed by atoms with Crippen LogP contribution in [0.4, 0.5) is 11.4 Å². The minimum atomic E-state index is -0.706. The predicted octanol–water partition coefficient (Wildman–Crippen LogP) is 6.72. The van der Waals surface area contributed by atoms with Gasteiger partial charge in [-0.1, -0.05) is 86.6 Å². The van der Waals surface area contributed by atoms with E-state index in [2.05, 4.69) is 5.32 Å². The molecule has 7 rings (SSSR count). The molecule has 1 saturated heterocycles. The summed E-state index contributed by atoms with van der Waals surface area (Å²) >= 11 is 0. The van der Waals surface area contributed by atoms with Crippen molar-refractivity contribution in [3.8, 4) is 0 Å². The van der Waals surface area contributed by atoms with Gasteiger partial charge in [0.25, 0.3) is 0 Å². The highest BCUT2D eigenvalue weighted by atomic mass is 16.2. The molecule has 7 heteroatoms. The molecule has 2 aliphatic heterocycles. The lowest BCUT2D eigenvalue weighted by Gasteiger charge is -2.45. The van der Waals surface area contributed by atoms with E-state index in [4.69, 9.17) is 0 Å². The zero-order valence-corrected chi connectivity index (χ0v) is 24.7. The highest BCUT2D eigenvalue weighted by molar-refractivity contribution is 6.25. The second-order valence-electron chi connectivity index (χ2n) is 11.9. The maximum Gasteiger partial charge on any atom is 0.242 e. The first-order valence-corrected chi connectivity index (χ1v) is 15.2. The molecule has 0 saturated carbocycles. The largest absolute Gasteiger partial charge is 0.326 e. The van der Waals surface area contributed by atoms with Gasteiger partial charge in [0.15, 0.2) is 0 Å². The topological polar surface area (TPSA) is 86.8 Å². The molecule has 0 spiro atoms. The summed E-state index contributed by atoms with van der Waals surface area (Å²) in [5.41, 5.74) is 4.39. The fourth-order valence-corrected chi connectivity index (χ4v) is 7.38. The van der Waals surface area contributed by atoms with E-state index in [9.17, 15) is 19.2 Å². The molecule has 4 atom stereocenters. The molecule has 220 valence electrons. The molecule has 0 unspecified atom stereocenters. The highest BCUT2D eigenvalue weighted by Gasteiger charge is 2.57. The van der Waals surface area contributed by atoms with Gasteiger partial charge < -0.3 is 10.2 Å². The van der Waals surface area contributed by atoms with Crippen molar-refractivity contribution < 1.29 is 19.2 Å². The Hall–Kier alpha value is -5.04. The smallest absolute Gasteiger partial charge is 0.242 e. The molecule has 4 amide bonds. The van der Waals surface area contributed by atoms with Crippen LogP contribution in [0.3, 0.4) is 0 Å². The summed E-state index contributed by atoms with van der Waals surface area (Å²) < 4.78 is 0. The molecule has 3 aliphatic rings. The van der Waals surface area contributed by atoms with Crippen molar-refractivity contribution >= 4 is 51.3 Å². The predicted molar refractivity (Wildman–Crippen MR) is 170 cm³/mol. The fraction of sp³-hybridized carbons (Fsp3) is 0.243. The zero-order valence-electron chi connectivity index (χ0n) is 24.7. The van der Waals surface area contributed by atoms with E-state index in [1.165, 1.54) is 4.90 Å². The number of para-hydroxylation sites is 1. The van der Waals surface area contributed by atoms with E-state index < -0.39 is 17.9 Å². The lowest BCUT2D eigenvalue weighted by Crippen LogP contribution is -2.44. The summed E-state index contributed by atoms with van der Waals surface area (Å²) in [6, 6.07) is 30.0. The Bertz CT molecular complexity index is 1860. The highest BCUT2D eigenvalue weighted by Crippen LogP contribution is 2.55. The molecule has 1 fully saturated rings. The molecule has 0 radical (unpaired) electrons. The van der Waals surface area contributed by atoms with Crippen molar-refractivity contribution in [2.24, 2.45) is 17.8 Å². The third-order valence-electron chi connectivity index (χ3n) is 9.31. The fourth-order valence-electron chi connectivity index (χ4n) is 7.38. The van der Waals surface area contributed by atoms with Crippen LogP contribution in [0.2, 0.25) is 0 Å².